The fraction of sp³-hybridized carbons (Fsp3) is 0.316. The summed E-state index contributed by atoms with van der Waals surface area (Å²) in [6.07, 6.45) is 1.72. The Balaban J connectivity index is 1.39. The van der Waals surface area contributed by atoms with Crippen LogP contribution in [0.3, 0.4) is 0 Å². The van der Waals surface area contributed by atoms with Crippen LogP contribution in [0, 0.1) is 10.1 Å². The lowest BCUT2D eigenvalue weighted by Gasteiger charge is -2.34. The number of fused-ring (bicyclic) bond motifs is 1. The van der Waals surface area contributed by atoms with Gasteiger partial charge in [0.2, 0.25) is 5.91 Å². The first-order chi connectivity index (χ1) is 14.4. The highest BCUT2D eigenvalue weighted by molar-refractivity contribution is 7.15. The number of nitro benzene ring substituents is 1. The molecule has 0 saturated carbocycles. The number of carbonyl (C=O) groups is 1. The second-order valence-electron chi connectivity index (χ2n) is 7.16. The Bertz CT molecular complexity index is 1170. The zero-order chi connectivity index (χ0) is 21.3. The molecule has 1 aliphatic rings. The topological polar surface area (TPSA) is 127 Å². The number of aromatic nitrogens is 2. The molecular formula is C19H20N6O4S. The van der Waals surface area contributed by atoms with Crippen molar-refractivity contribution in [3.8, 4) is 0 Å². The van der Waals surface area contributed by atoms with Crippen LogP contribution in [0.25, 0.3) is 4.96 Å². The molecule has 156 valence electrons. The van der Waals surface area contributed by atoms with Crippen molar-refractivity contribution >= 4 is 27.9 Å². The lowest BCUT2D eigenvalue weighted by Crippen LogP contribution is -2.45. The first kappa shape index (κ1) is 20.1. The SMILES string of the molecule is NC(=O)c1ccc(CN2CCN(Cc3cc(=O)n4ccsc4n3)CC2)c([N+](=O)[O-])c1. The van der Waals surface area contributed by atoms with Gasteiger partial charge in [0.15, 0.2) is 4.96 Å². The van der Waals surface area contributed by atoms with E-state index in [1.165, 1.54) is 27.9 Å². The predicted molar refractivity (Wildman–Crippen MR) is 112 cm³/mol. The van der Waals surface area contributed by atoms with Crippen LogP contribution in [0.2, 0.25) is 0 Å². The quantitative estimate of drug-likeness (QED) is 0.460. The number of hydrogen-bond donors (Lipinski definition) is 1. The maximum Gasteiger partial charge on any atom is 0.274 e. The molecule has 2 aromatic heterocycles. The molecule has 1 saturated heterocycles. The predicted octanol–water partition coefficient (Wildman–Crippen LogP) is 1.08. The molecule has 1 aliphatic heterocycles. The first-order valence-electron chi connectivity index (χ1n) is 9.38. The molecule has 10 nitrogen and oxygen atoms in total. The van der Waals surface area contributed by atoms with Gasteiger partial charge in [-0.1, -0.05) is 6.07 Å². The summed E-state index contributed by atoms with van der Waals surface area (Å²) in [5.41, 5.74) is 6.47. The Morgan fingerprint density at radius 3 is 2.53 bits per heavy atom. The van der Waals surface area contributed by atoms with Gasteiger partial charge in [-0.25, -0.2) is 4.98 Å². The van der Waals surface area contributed by atoms with Gasteiger partial charge in [-0.05, 0) is 6.07 Å². The highest BCUT2D eigenvalue weighted by Crippen LogP contribution is 2.23. The van der Waals surface area contributed by atoms with Gasteiger partial charge in [-0.2, -0.15) is 0 Å². The summed E-state index contributed by atoms with van der Waals surface area (Å²) < 4.78 is 1.53. The van der Waals surface area contributed by atoms with Crippen LogP contribution in [-0.4, -0.2) is 56.2 Å². The molecule has 0 aliphatic carbocycles. The molecular weight excluding hydrogens is 408 g/mol. The number of carbonyl (C=O) groups excluding carboxylic acids is 1. The number of thiazole rings is 1. The van der Waals surface area contributed by atoms with E-state index in [2.05, 4.69) is 14.8 Å². The number of nitrogens with two attached hydrogens (primary N) is 1. The van der Waals surface area contributed by atoms with Gasteiger partial charge in [0.05, 0.1) is 10.6 Å². The van der Waals surface area contributed by atoms with Crippen molar-refractivity contribution in [1.82, 2.24) is 19.2 Å². The third-order valence-corrected chi connectivity index (χ3v) is 5.92. The van der Waals surface area contributed by atoms with Crippen LogP contribution in [0.15, 0.2) is 40.6 Å². The number of hydrogen-bond acceptors (Lipinski definition) is 8. The largest absolute Gasteiger partial charge is 0.366 e. The Labute approximate surface area is 175 Å². The van der Waals surface area contributed by atoms with Crippen molar-refractivity contribution in [2.24, 2.45) is 5.73 Å². The second kappa shape index (κ2) is 8.30. The van der Waals surface area contributed by atoms with Gasteiger partial charge >= 0.3 is 0 Å². The third-order valence-electron chi connectivity index (χ3n) is 5.17. The van der Waals surface area contributed by atoms with Crippen molar-refractivity contribution in [2.75, 3.05) is 26.2 Å². The Hall–Kier alpha value is -3.15. The minimum absolute atomic E-state index is 0.0818. The van der Waals surface area contributed by atoms with Crippen LogP contribution >= 0.6 is 11.3 Å². The van der Waals surface area contributed by atoms with E-state index in [1.54, 1.807) is 18.3 Å². The lowest BCUT2D eigenvalue weighted by molar-refractivity contribution is -0.385. The molecule has 1 amide bonds. The monoisotopic (exact) mass is 428 g/mol. The number of benzene rings is 1. The summed E-state index contributed by atoms with van der Waals surface area (Å²) in [6.45, 7) is 4.00. The number of piperazine rings is 1. The standard InChI is InChI=1S/C19H20N6O4S/c20-18(27)13-1-2-14(16(9-13)25(28)29)11-22-3-5-23(6-4-22)12-15-10-17(26)24-7-8-30-19(24)21-15/h1-2,7-10H,3-6,11-12H2,(H2,20,27). The molecule has 0 unspecified atom stereocenters. The summed E-state index contributed by atoms with van der Waals surface area (Å²) in [4.78, 5) is 43.9. The molecule has 1 fully saturated rings. The molecule has 3 aromatic rings. The van der Waals surface area contributed by atoms with Gasteiger partial charge < -0.3 is 5.73 Å². The van der Waals surface area contributed by atoms with E-state index in [0.717, 1.165) is 31.9 Å². The third kappa shape index (κ3) is 4.22. The smallest absolute Gasteiger partial charge is 0.274 e. The molecule has 0 bridgehead atoms. The molecule has 11 heteroatoms. The molecule has 0 spiro atoms. The van der Waals surface area contributed by atoms with E-state index < -0.39 is 10.8 Å². The second-order valence-corrected chi connectivity index (χ2v) is 8.03. The first-order valence-corrected chi connectivity index (χ1v) is 10.3. The molecule has 4 rings (SSSR count). The minimum Gasteiger partial charge on any atom is -0.366 e. The zero-order valence-electron chi connectivity index (χ0n) is 16.1. The van der Waals surface area contributed by atoms with E-state index >= 15 is 0 Å². The lowest BCUT2D eigenvalue weighted by atomic mass is 10.1. The van der Waals surface area contributed by atoms with Gasteiger partial charge in [0.25, 0.3) is 11.2 Å². The Kier molecular flexibility index (Phi) is 5.57. The number of amides is 1. The van der Waals surface area contributed by atoms with Gasteiger partial charge in [-0.3, -0.25) is 33.9 Å². The maximum atomic E-state index is 12.1. The molecule has 2 N–H and O–H groups in total. The molecule has 0 atom stereocenters. The van der Waals surface area contributed by atoms with E-state index in [4.69, 9.17) is 5.73 Å². The molecule has 1 aromatic carbocycles. The normalized spacial score (nSPS) is 15.5. The Morgan fingerprint density at radius 1 is 1.17 bits per heavy atom. The summed E-state index contributed by atoms with van der Waals surface area (Å²) in [7, 11) is 0. The number of rotatable bonds is 6. The van der Waals surface area contributed by atoms with Crippen LogP contribution in [0.5, 0.6) is 0 Å². The van der Waals surface area contributed by atoms with Crippen molar-refractivity contribution in [1.29, 1.82) is 0 Å². The van der Waals surface area contributed by atoms with Gasteiger partial charge in [-0.15, -0.1) is 11.3 Å². The zero-order valence-corrected chi connectivity index (χ0v) is 16.9. The van der Waals surface area contributed by atoms with Crippen LogP contribution in [0.1, 0.15) is 21.6 Å². The van der Waals surface area contributed by atoms with E-state index in [1.807, 2.05) is 5.38 Å². The number of nitrogens with zero attached hydrogens (tertiary/aromatic N) is 5. The summed E-state index contributed by atoms with van der Waals surface area (Å²) in [6, 6.07) is 5.92. The van der Waals surface area contributed by atoms with Crippen LogP contribution in [-0.2, 0) is 13.1 Å². The van der Waals surface area contributed by atoms with Crippen molar-refractivity contribution in [3.05, 3.63) is 73.1 Å². The fourth-order valence-corrected chi connectivity index (χ4v) is 4.30. The summed E-state index contributed by atoms with van der Waals surface area (Å²) in [5, 5.41) is 13.2. The average molecular weight is 428 g/mol. The molecule has 30 heavy (non-hydrogen) atoms. The van der Waals surface area contributed by atoms with E-state index in [-0.39, 0.29) is 16.8 Å². The highest BCUT2D eigenvalue weighted by Gasteiger charge is 2.22. The van der Waals surface area contributed by atoms with Gasteiger partial charge in [0.1, 0.15) is 0 Å². The van der Waals surface area contributed by atoms with Crippen molar-refractivity contribution in [2.45, 2.75) is 13.1 Å². The highest BCUT2D eigenvalue weighted by atomic mass is 32.1. The number of primary amides is 1. The Morgan fingerprint density at radius 2 is 1.87 bits per heavy atom. The average Bonchev–Trinajstić information content (AvgIpc) is 3.18. The van der Waals surface area contributed by atoms with E-state index in [9.17, 15) is 19.7 Å². The van der Waals surface area contributed by atoms with Crippen LogP contribution < -0.4 is 11.3 Å². The van der Waals surface area contributed by atoms with Crippen molar-refractivity contribution in [3.63, 3.8) is 0 Å². The summed E-state index contributed by atoms with van der Waals surface area (Å²) >= 11 is 1.43. The van der Waals surface area contributed by atoms with Gasteiger partial charge in [0, 0.05) is 74.1 Å². The van der Waals surface area contributed by atoms with E-state index in [0.29, 0.717) is 23.6 Å². The maximum absolute atomic E-state index is 12.1. The molecule has 0 radical (unpaired) electrons. The number of nitro groups is 1. The van der Waals surface area contributed by atoms with Crippen molar-refractivity contribution < 1.29 is 9.72 Å². The minimum atomic E-state index is -0.688. The fourth-order valence-electron chi connectivity index (χ4n) is 3.57. The summed E-state index contributed by atoms with van der Waals surface area (Å²) in [5.74, 6) is -0.688. The molecule has 3 heterocycles. The van der Waals surface area contributed by atoms with Crippen LogP contribution in [0.4, 0.5) is 5.69 Å².